The lowest BCUT2D eigenvalue weighted by Gasteiger charge is -2.40. The van der Waals surface area contributed by atoms with Crippen LogP contribution in [0.2, 0.25) is 5.02 Å². The second kappa shape index (κ2) is 5.43. The van der Waals surface area contributed by atoms with E-state index in [1.165, 1.54) is 12.8 Å². The lowest BCUT2D eigenvalue weighted by atomic mass is 9.80. The van der Waals surface area contributed by atoms with Gasteiger partial charge in [0.25, 0.3) is 0 Å². The van der Waals surface area contributed by atoms with Crippen LogP contribution in [-0.2, 0) is 4.74 Å². The predicted molar refractivity (Wildman–Crippen MR) is 76.3 cm³/mol. The SMILES string of the molecule is OC(c1cccc(Cl)c1)C1CCOC2(CCCC2)C1. The van der Waals surface area contributed by atoms with Crippen LogP contribution in [0.4, 0.5) is 0 Å². The molecule has 1 saturated heterocycles. The first-order chi connectivity index (χ1) is 9.19. The Kier molecular flexibility index (Phi) is 3.84. The Hall–Kier alpha value is -0.570. The second-order valence-corrected chi connectivity index (χ2v) is 6.43. The summed E-state index contributed by atoms with van der Waals surface area (Å²) in [5.41, 5.74) is 0.996. The number of hydrogen-bond donors (Lipinski definition) is 1. The maximum atomic E-state index is 10.6. The van der Waals surface area contributed by atoms with E-state index >= 15 is 0 Å². The molecule has 1 aliphatic carbocycles. The molecular weight excluding hydrogens is 260 g/mol. The Balaban J connectivity index is 1.74. The van der Waals surface area contributed by atoms with E-state index in [2.05, 4.69) is 0 Å². The van der Waals surface area contributed by atoms with Crippen molar-refractivity contribution in [1.29, 1.82) is 0 Å². The molecule has 0 bridgehead atoms. The van der Waals surface area contributed by atoms with Gasteiger partial charge in [0.05, 0.1) is 11.7 Å². The van der Waals surface area contributed by atoms with Gasteiger partial charge in [0.2, 0.25) is 0 Å². The molecule has 3 rings (SSSR count). The van der Waals surface area contributed by atoms with Crippen LogP contribution in [0.25, 0.3) is 0 Å². The van der Waals surface area contributed by atoms with Gasteiger partial charge in [0, 0.05) is 11.6 Å². The molecule has 1 aromatic carbocycles. The molecule has 1 N–H and O–H groups in total. The highest BCUT2D eigenvalue weighted by atomic mass is 35.5. The van der Waals surface area contributed by atoms with Gasteiger partial charge >= 0.3 is 0 Å². The van der Waals surface area contributed by atoms with Crippen molar-refractivity contribution in [3.8, 4) is 0 Å². The van der Waals surface area contributed by atoms with Gasteiger partial charge in [-0.15, -0.1) is 0 Å². The largest absolute Gasteiger partial charge is 0.388 e. The minimum absolute atomic E-state index is 0.0580. The first kappa shape index (κ1) is 13.4. The summed E-state index contributed by atoms with van der Waals surface area (Å²) >= 11 is 6.01. The Labute approximate surface area is 119 Å². The van der Waals surface area contributed by atoms with Gasteiger partial charge in [0.1, 0.15) is 0 Å². The zero-order valence-electron chi connectivity index (χ0n) is 11.1. The number of ether oxygens (including phenoxy) is 1. The van der Waals surface area contributed by atoms with E-state index in [-0.39, 0.29) is 5.60 Å². The third kappa shape index (κ3) is 2.81. The van der Waals surface area contributed by atoms with Gasteiger partial charge in [0.15, 0.2) is 0 Å². The average molecular weight is 281 g/mol. The van der Waals surface area contributed by atoms with Gasteiger partial charge in [-0.1, -0.05) is 36.6 Å². The zero-order chi connectivity index (χ0) is 13.3. The summed E-state index contributed by atoms with van der Waals surface area (Å²) in [4.78, 5) is 0. The van der Waals surface area contributed by atoms with E-state index < -0.39 is 6.10 Å². The maximum Gasteiger partial charge on any atom is 0.0820 e. The van der Waals surface area contributed by atoms with Crippen LogP contribution < -0.4 is 0 Å². The number of benzene rings is 1. The number of aliphatic hydroxyl groups is 1. The molecule has 104 valence electrons. The number of halogens is 1. The topological polar surface area (TPSA) is 29.5 Å². The number of rotatable bonds is 2. The minimum Gasteiger partial charge on any atom is -0.388 e. The first-order valence-electron chi connectivity index (χ1n) is 7.26. The van der Waals surface area contributed by atoms with Crippen LogP contribution in [-0.4, -0.2) is 17.3 Å². The summed E-state index contributed by atoms with van der Waals surface area (Å²) < 4.78 is 6.03. The van der Waals surface area contributed by atoms with Crippen molar-refractivity contribution in [3.05, 3.63) is 34.9 Å². The Morgan fingerprint density at radius 1 is 1.32 bits per heavy atom. The molecule has 0 amide bonds. The molecular formula is C16H21ClO2. The minimum atomic E-state index is -0.417. The van der Waals surface area contributed by atoms with Gasteiger partial charge in [-0.2, -0.15) is 0 Å². The first-order valence-corrected chi connectivity index (χ1v) is 7.64. The van der Waals surface area contributed by atoms with E-state index in [9.17, 15) is 5.11 Å². The van der Waals surface area contributed by atoms with Crippen LogP contribution in [0.3, 0.4) is 0 Å². The third-order valence-corrected chi connectivity index (χ3v) is 4.92. The molecule has 0 radical (unpaired) electrons. The summed E-state index contributed by atoms with van der Waals surface area (Å²) in [6.45, 7) is 0.780. The summed E-state index contributed by atoms with van der Waals surface area (Å²) in [6.07, 6.45) is 6.35. The monoisotopic (exact) mass is 280 g/mol. The van der Waals surface area contributed by atoms with Crippen molar-refractivity contribution in [2.45, 2.75) is 50.2 Å². The lowest BCUT2D eigenvalue weighted by molar-refractivity contribution is -0.113. The van der Waals surface area contributed by atoms with Crippen molar-refractivity contribution in [1.82, 2.24) is 0 Å². The van der Waals surface area contributed by atoms with E-state index in [0.29, 0.717) is 10.9 Å². The highest BCUT2D eigenvalue weighted by Gasteiger charge is 2.41. The molecule has 2 atom stereocenters. The molecule has 1 saturated carbocycles. The van der Waals surface area contributed by atoms with Gasteiger partial charge in [-0.25, -0.2) is 0 Å². The molecule has 1 aromatic rings. The van der Waals surface area contributed by atoms with Gasteiger partial charge < -0.3 is 9.84 Å². The molecule has 19 heavy (non-hydrogen) atoms. The number of hydrogen-bond acceptors (Lipinski definition) is 2. The standard InChI is InChI=1S/C16H21ClO2/c17-14-5-3-4-12(10-14)15(18)13-6-9-19-16(11-13)7-1-2-8-16/h3-5,10,13,15,18H,1-2,6-9,11H2. The Morgan fingerprint density at radius 2 is 2.11 bits per heavy atom. The van der Waals surface area contributed by atoms with E-state index in [4.69, 9.17) is 16.3 Å². The van der Waals surface area contributed by atoms with Crippen LogP contribution in [0, 0.1) is 5.92 Å². The molecule has 1 spiro atoms. The fourth-order valence-corrected chi connectivity index (χ4v) is 3.86. The average Bonchev–Trinajstić information content (AvgIpc) is 2.86. The van der Waals surface area contributed by atoms with Crippen molar-refractivity contribution >= 4 is 11.6 Å². The van der Waals surface area contributed by atoms with Crippen LogP contribution in [0.1, 0.15) is 50.2 Å². The molecule has 1 heterocycles. The van der Waals surface area contributed by atoms with Crippen LogP contribution in [0.5, 0.6) is 0 Å². The van der Waals surface area contributed by atoms with Crippen molar-refractivity contribution in [2.24, 2.45) is 5.92 Å². The highest BCUT2D eigenvalue weighted by molar-refractivity contribution is 6.30. The maximum absolute atomic E-state index is 10.6. The molecule has 2 unspecified atom stereocenters. The summed E-state index contributed by atoms with van der Waals surface area (Å²) in [5.74, 6) is 0.297. The Bertz CT molecular complexity index is 440. The molecule has 3 heteroatoms. The fraction of sp³-hybridized carbons (Fsp3) is 0.625. The highest BCUT2D eigenvalue weighted by Crippen LogP contribution is 2.45. The van der Waals surface area contributed by atoms with Crippen molar-refractivity contribution in [3.63, 3.8) is 0 Å². The molecule has 2 aliphatic rings. The second-order valence-electron chi connectivity index (χ2n) is 5.99. The van der Waals surface area contributed by atoms with Crippen molar-refractivity contribution in [2.75, 3.05) is 6.61 Å². The van der Waals surface area contributed by atoms with E-state index in [1.54, 1.807) is 0 Å². The Morgan fingerprint density at radius 3 is 2.84 bits per heavy atom. The molecule has 2 nitrogen and oxygen atoms in total. The lowest BCUT2D eigenvalue weighted by Crippen LogP contribution is -2.39. The molecule has 2 fully saturated rings. The summed E-state index contributed by atoms with van der Waals surface area (Å²) in [6, 6.07) is 7.60. The zero-order valence-corrected chi connectivity index (χ0v) is 11.9. The summed E-state index contributed by atoms with van der Waals surface area (Å²) in [7, 11) is 0. The smallest absolute Gasteiger partial charge is 0.0820 e. The predicted octanol–water partition coefficient (Wildman–Crippen LogP) is 4.11. The fourth-order valence-electron chi connectivity index (χ4n) is 3.67. The van der Waals surface area contributed by atoms with Gasteiger partial charge in [-0.05, 0) is 49.3 Å². The van der Waals surface area contributed by atoms with E-state index in [0.717, 1.165) is 37.9 Å². The number of aliphatic hydroxyl groups excluding tert-OH is 1. The molecule has 0 aromatic heterocycles. The normalized spacial score (nSPS) is 27.6. The van der Waals surface area contributed by atoms with Crippen LogP contribution in [0.15, 0.2) is 24.3 Å². The van der Waals surface area contributed by atoms with Crippen molar-refractivity contribution < 1.29 is 9.84 Å². The third-order valence-electron chi connectivity index (χ3n) is 4.68. The van der Waals surface area contributed by atoms with Gasteiger partial charge in [-0.3, -0.25) is 0 Å². The summed E-state index contributed by atoms with van der Waals surface area (Å²) in [5, 5.41) is 11.3. The van der Waals surface area contributed by atoms with Crippen LogP contribution >= 0.6 is 11.6 Å². The quantitative estimate of drug-likeness (QED) is 0.883. The van der Waals surface area contributed by atoms with E-state index in [1.807, 2.05) is 24.3 Å². The molecule has 1 aliphatic heterocycles.